The number of nitrogens with one attached hydrogen (secondary N) is 1. The molecule has 0 saturated carbocycles. The van der Waals surface area contributed by atoms with Gasteiger partial charge in [0.25, 0.3) is 5.91 Å². The van der Waals surface area contributed by atoms with Crippen molar-refractivity contribution in [2.75, 3.05) is 40.1 Å². The third-order valence-corrected chi connectivity index (χ3v) is 6.05. The lowest BCUT2D eigenvalue weighted by Gasteiger charge is -2.44. The number of pyridine rings is 1. The van der Waals surface area contributed by atoms with Gasteiger partial charge in [-0.25, -0.2) is 44.1 Å². The molecule has 2 heterocycles. The largest absolute Gasteiger partial charge is 0.503 e. The average molecular weight is 675 g/mol. The predicted molar refractivity (Wildman–Crippen MR) is 171 cm³/mol. The van der Waals surface area contributed by atoms with E-state index in [0.717, 1.165) is 0 Å². The van der Waals surface area contributed by atoms with Crippen molar-refractivity contribution in [1.82, 2.24) is 10.3 Å². The maximum absolute atomic E-state index is 13.5. The summed E-state index contributed by atoms with van der Waals surface area (Å²) in [5.41, 5.74) is -1.22. The van der Waals surface area contributed by atoms with Gasteiger partial charge in [0.15, 0.2) is 41.7 Å². The van der Waals surface area contributed by atoms with Crippen LogP contribution in [0.3, 0.4) is 0 Å². The topological polar surface area (TPSA) is 155 Å². The van der Waals surface area contributed by atoms with E-state index in [2.05, 4.69) is 10.3 Å². The number of hydrogen-bond acceptors (Lipinski definition) is 13. The molecule has 1 amide bonds. The van der Waals surface area contributed by atoms with Crippen LogP contribution in [0.4, 0.5) is 0 Å². The summed E-state index contributed by atoms with van der Waals surface area (Å²) < 4.78 is 11.5. The molecule has 0 spiro atoms. The summed E-state index contributed by atoms with van der Waals surface area (Å²) >= 11 is 0. The highest BCUT2D eigenvalue weighted by Gasteiger charge is 2.52. The third kappa shape index (κ3) is 15.3. The summed E-state index contributed by atoms with van der Waals surface area (Å²) in [6.45, 7) is 24.7. The fourth-order valence-corrected chi connectivity index (χ4v) is 3.66. The van der Waals surface area contributed by atoms with Crippen LogP contribution in [0.15, 0.2) is 12.3 Å². The number of ether oxygens (including phenoxy) is 2. The second kappa shape index (κ2) is 17.5. The van der Waals surface area contributed by atoms with E-state index < -0.39 is 42.3 Å². The van der Waals surface area contributed by atoms with Gasteiger partial charge in [-0.1, -0.05) is 83.1 Å². The van der Waals surface area contributed by atoms with Gasteiger partial charge < -0.3 is 19.9 Å². The van der Waals surface area contributed by atoms with Crippen molar-refractivity contribution in [3.05, 3.63) is 18.0 Å². The zero-order valence-corrected chi connectivity index (χ0v) is 30.5. The predicted octanol–water partition coefficient (Wildman–Crippen LogP) is 5.33. The Morgan fingerprint density at radius 2 is 1.21 bits per heavy atom. The minimum absolute atomic E-state index is 0.0690. The van der Waals surface area contributed by atoms with Crippen molar-refractivity contribution in [3.63, 3.8) is 0 Å². The number of nitrogens with zero attached hydrogens (tertiary/aromatic N) is 1. The Morgan fingerprint density at radius 1 is 0.745 bits per heavy atom. The summed E-state index contributed by atoms with van der Waals surface area (Å²) in [5.74, 6) is -1.16. The summed E-state index contributed by atoms with van der Waals surface area (Å²) in [4.78, 5) is 63.5. The summed E-state index contributed by atoms with van der Waals surface area (Å²) in [6.07, 6.45) is -4.16. The SMILES string of the molecule is COc1ccnc(C(=O)N[C@@H]2O[C@H](COOCC(C)(C)C)[C@H](OOCC(C)(C)C)[C@H](OOCC(C)(C)C)[C@H]2OOCC(C)(C)C)c1O. The molecule has 2 N–H and O–H groups in total. The molecule has 14 nitrogen and oxygen atoms in total. The Morgan fingerprint density at radius 3 is 1.70 bits per heavy atom. The van der Waals surface area contributed by atoms with Crippen LogP contribution >= 0.6 is 0 Å². The van der Waals surface area contributed by atoms with Crippen LogP contribution in [0.5, 0.6) is 11.5 Å². The number of rotatable bonds is 16. The van der Waals surface area contributed by atoms with E-state index in [1.54, 1.807) is 0 Å². The van der Waals surface area contributed by atoms with E-state index in [1.807, 2.05) is 83.1 Å². The van der Waals surface area contributed by atoms with E-state index in [4.69, 9.17) is 48.6 Å². The van der Waals surface area contributed by atoms with Gasteiger partial charge in [-0.15, -0.1) is 0 Å². The van der Waals surface area contributed by atoms with Crippen LogP contribution in [0.2, 0.25) is 0 Å². The molecule has 272 valence electrons. The number of carbonyl (C=O) groups excluding carboxylic acids is 1. The maximum atomic E-state index is 13.5. The Kier molecular flexibility index (Phi) is 15.3. The average Bonchev–Trinajstić information content (AvgIpc) is 2.91. The molecule has 5 atom stereocenters. The minimum atomic E-state index is -1.25. The number of aromatic hydroxyl groups is 1. The second-order valence-corrected chi connectivity index (χ2v) is 16.5. The van der Waals surface area contributed by atoms with Crippen LogP contribution in [-0.4, -0.2) is 86.8 Å². The van der Waals surface area contributed by atoms with Gasteiger partial charge in [0.2, 0.25) is 0 Å². The van der Waals surface area contributed by atoms with Gasteiger partial charge >= 0.3 is 0 Å². The number of amides is 1. The summed E-state index contributed by atoms with van der Waals surface area (Å²) in [6, 6.07) is 1.43. The minimum Gasteiger partial charge on any atom is -0.503 e. The van der Waals surface area contributed by atoms with Gasteiger partial charge in [-0.2, -0.15) is 0 Å². The molecule has 1 aliphatic heterocycles. The molecule has 1 aliphatic rings. The van der Waals surface area contributed by atoms with E-state index >= 15 is 0 Å². The summed E-state index contributed by atoms with van der Waals surface area (Å²) in [7, 11) is 1.37. The summed E-state index contributed by atoms with van der Waals surface area (Å²) in [5, 5.41) is 13.4. The van der Waals surface area contributed by atoms with Crippen molar-refractivity contribution in [2.45, 2.75) is 114 Å². The fourth-order valence-electron chi connectivity index (χ4n) is 3.66. The lowest BCUT2D eigenvalue weighted by molar-refractivity contribution is -0.471. The highest BCUT2D eigenvalue weighted by molar-refractivity contribution is 5.95. The van der Waals surface area contributed by atoms with Gasteiger partial charge in [0.05, 0.1) is 33.5 Å². The molecule has 0 aliphatic carbocycles. The normalized spacial score (nSPS) is 22.7. The Labute approximate surface area is 279 Å². The third-order valence-electron chi connectivity index (χ3n) is 6.05. The zero-order chi connectivity index (χ0) is 35.6. The number of aromatic nitrogens is 1. The van der Waals surface area contributed by atoms with Crippen molar-refractivity contribution in [1.29, 1.82) is 0 Å². The van der Waals surface area contributed by atoms with Crippen LogP contribution in [0.1, 0.15) is 93.6 Å². The maximum Gasteiger partial charge on any atom is 0.275 e. The molecule has 1 aromatic rings. The molecular weight excluding hydrogens is 616 g/mol. The molecule has 0 radical (unpaired) electrons. The number of methoxy groups -OCH3 is 1. The second-order valence-electron chi connectivity index (χ2n) is 16.5. The molecule has 1 aromatic heterocycles. The lowest BCUT2D eigenvalue weighted by Crippen LogP contribution is -2.65. The molecule has 0 bridgehead atoms. The Bertz CT molecular complexity index is 1090. The molecule has 0 unspecified atom stereocenters. The fraction of sp³-hybridized carbons (Fsp3) is 0.818. The van der Waals surface area contributed by atoms with Crippen LogP contribution in [0.25, 0.3) is 0 Å². The quantitative estimate of drug-likeness (QED) is 0.132. The first-order valence-corrected chi connectivity index (χ1v) is 15.9. The number of carbonyl (C=O) groups is 1. The van der Waals surface area contributed by atoms with Gasteiger partial charge in [-0.3, -0.25) is 4.79 Å². The monoisotopic (exact) mass is 674 g/mol. The molecule has 0 aromatic carbocycles. The van der Waals surface area contributed by atoms with E-state index in [1.165, 1.54) is 19.4 Å². The highest BCUT2D eigenvalue weighted by Crippen LogP contribution is 2.32. The molecular formula is C33H58N2O12. The van der Waals surface area contributed by atoms with E-state index in [-0.39, 0.29) is 59.5 Å². The molecule has 1 fully saturated rings. The molecule has 1 saturated heterocycles. The highest BCUT2D eigenvalue weighted by atomic mass is 17.2. The van der Waals surface area contributed by atoms with Gasteiger partial charge in [-0.05, 0) is 21.7 Å². The van der Waals surface area contributed by atoms with E-state index in [0.29, 0.717) is 6.61 Å². The standard InChI is InChI=1S/C33H58N2O12/c1-30(2,3)17-40-39-16-22-25(45-41-18-31(4,5)6)26(46-42-19-32(7,8)9)27(47-43-20-33(10,11)12)29(44-22)35-28(37)23-24(36)21(38-13)14-15-34-23/h14-15,22,25-27,29,36H,16-20H2,1-13H3,(H,35,37)/t22-,25+,26+,27-,29-/m1/s1. The van der Waals surface area contributed by atoms with Crippen LogP contribution in [0, 0.1) is 21.7 Å². The van der Waals surface area contributed by atoms with Crippen molar-refractivity contribution >= 4 is 5.91 Å². The van der Waals surface area contributed by atoms with Crippen molar-refractivity contribution < 1.29 is 58.5 Å². The van der Waals surface area contributed by atoms with Crippen LogP contribution < -0.4 is 10.1 Å². The first-order chi connectivity index (χ1) is 21.6. The molecule has 14 heteroatoms. The smallest absolute Gasteiger partial charge is 0.275 e. The Hall–Kier alpha value is -2.14. The van der Waals surface area contributed by atoms with Gasteiger partial charge in [0, 0.05) is 12.3 Å². The Balaban J connectivity index is 2.51. The van der Waals surface area contributed by atoms with Crippen molar-refractivity contribution in [3.8, 4) is 11.5 Å². The van der Waals surface area contributed by atoms with Crippen LogP contribution in [-0.2, 0) is 43.8 Å². The first-order valence-electron chi connectivity index (χ1n) is 15.9. The first kappa shape index (κ1) is 41.0. The van der Waals surface area contributed by atoms with Crippen molar-refractivity contribution in [2.24, 2.45) is 21.7 Å². The zero-order valence-electron chi connectivity index (χ0n) is 30.5. The number of hydrogen-bond donors (Lipinski definition) is 2. The molecule has 2 rings (SSSR count). The van der Waals surface area contributed by atoms with Gasteiger partial charge in [0.1, 0.15) is 12.7 Å². The molecule has 47 heavy (non-hydrogen) atoms. The van der Waals surface area contributed by atoms with E-state index in [9.17, 15) is 9.90 Å². The lowest BCUT2D eigenvalue weighted by atomic mass is 9.97.